The van der Waals surface area contributed by atoms with Crippen LogP contribution in [0.4, 0.5) is 17.6 Å². The van der Waals surface area contributed by atoms with Crippen LogP contribution in [0.2, 0.25) is 0 Å². The summed E-state index contributed by atoms with van der Waals surface area (Å²) >= 11 is 0. The molecule has 0 spiro atoms. The summed E-state index contributed by atoms with van der Waals surface area (Å²) in [5.41, 5.74) is -1.69. The predicted molar refractivity (Wildman–Crippen MR) is 129 cm³/mol. The molecule has 0 aliphatic carbocycles. The van der Waals surface area contributed by atoms with Gasteiger partial charge in [-0.05, 0) is 50.1 Å². The van der Waals surface area contributed by atoms with Crippen LogP contribution in [0.5, 0.6) is 0 Å². The monoisotopic (exact) mass is 570 g/mol. The number of hydrogen-bond acceptors (Lipinski definition) is 7. The van der Waals surface area contributed by atoms with Gasteiger partial charge < -0.3 is 20.4 Å². The minimum atomic E-state index is -4.51. The molecule has 0 bridgehead atoms. The van der Waals surface area contributed by atoms with Crippen molar-refractivity contribution in [3.63, 3.8) is 0 Å². The van der Waals surface area contributed by atoms with Crippen molar-refractivity contribution < 1.29 is 52.4 Å². The second-order valence-electron chi connectivity index (χ2n) is 9.36. The maximum Gasteiger partial charge on any atom is 0.433 e. The summed E-state index contributed by atoms with van der Waals surface area (Å²) in [6.07, 6.45) is -5.10. The summed E-state index contributed by atoms with van der Waals surface area (Å²) in [6.45, 7) is 2.84. The van der Waals surface area contributed by atoms with Gasteiger partial charge in [0.1, 0.15) is 11.5 Å². The van der Waals surface area contributed by atoms with Crippen molar-refractivity contribution >= 4 is 23.6 Å². The molecule has 40 heavy (non-hydrogen) atoms. The molecule has 216 valence electrons. The highest BCUT2D eigenvalue weighted by molar-refractivity contribution is 5.88. The fourth-order valence-corrected chi connectivity index (χ4v) is 4.42. The Morgan fingerprint density at radius 2 is 1.70 bits per heavy atom. The van der Waals surface area contributed by atoms with Crippen molar-refractivity contribution in [3.05, 3.63) is 64.9 Å². The Labute approximate surface area is 224 Å². The van der Waals surface area contributed by atoms with Crippen LogP contribution in [0, 0.1) is 12.7 Å². The zero-order valence-corrected chi connectivity index (χ0v) is 21.1. The third-order valence-corrected chi connectivity index (χ3v) is 6.13. The highest BCUT2D eigenvalue weighted by Crippen LogP contribution is 2.35. The number of aliphatic hydroxyl groups is 1. The van der Waals surface area contributed by atoms with E-state index in [2.05, 4.69) is 15.0 Å². The molecule has 1 atom stereocenters. The molecule has 1 aliphatic rings. The van der Waals surface area contributed by atoms with Crippen LogP contribution in [-0.2, 0) is 27.1 Å². The zero-order chi connectivity index (χ0) is 29.8. The molecule has 11 nitrogen and oxygen atoms in total. The van der Waals surface area contributed by atoms with E-state index in [1.54, 1.807) is 12.1 Å². The summed E-state index contributed by atoms with van der Waals surface area (Å²) in [5.74, 6) is -5.32. The number of fused-ring (bicyclic) bond motifs is 1. The number of rotatable bonds is 8. The lowest BCUT2D eigenvalue weighted by Gasteiger charge is -2.23. The first-order valence-corrected chi connectivity index (χ1v) is 11.9. The molecule has 4 rings (SSSR count). The SMILES string of the molecule is Cc1cc(C(F)(F)F)n2nc(C3CCCN3Cc3cccc(F)c3)cc2n1.O=C(O)CC(O)(CC(=O)O)C(=O)O. The highest BCUT2D eigenvalue weighted by Gasteiger charge is 2.41. The third kappa shape index (κ3) is 7.51. The molecule has 1 aromatic carbocycles. The Kier molecular flexibility index (Phi) is 9.10. The largest absolute Gasteiger partial charge is 0.481 e. The van der Waals surface area contributed by atoms with Gasteiger partial charge in [0, 0.05) is 18.3 Å². The number of hydrogen-bond donors (Lipinski definition) is 4. The van der Waals surface area contributed by atoms with Gasteiger partial charge in [0.15, 0.2) is 11.2 Å². The van der Waals surface area contributed by atoms with Crippen LogP contribution in [0.15, 0.2) is 36.4 Å². The van der Waals surface area contributed by atoms with Crippen molar-refractivity contribution in [2.24, 2.45) is 0 Å². The Balaban J connectivity index is 0.000000289. The average molecular weight is 570 g/mol. The Morgan fingerprint density at radius 3 is 2.25 bits per heavy atom. The molecule has 3 heterocycles. The van der Waals surface area contributed by atoms with Gasteiger partial charge in [0.2, 0.25) is 0 Å². The van der Waals surface area contributed by atoms with E-state index in [1.165, 1.54) is 19.1 Å². The van der Waals surface area contributed by atoms with Gasteiger partial charge in [-0.25, -0.2) is 18.7 Å². The second kappa shape index (κ2) is 12.0. The molecule has 0 amide bonds. The van der Waals surface area contributed by atoms with Gasteiger partial charge in [0.25, 0.3) is 0 Å². The minimum Gasteiger partial charge on any atom is -0.481 e. The number of alkyl halides is 3. The molecule has 1 fully saturated rings. The van der Waals surface area contributed by atoms with Crippen LogP contribution >= 0.6 is 0 Å². The van der Waals surface area contributed by atoms with Crippen LogP contribution in [0.3, 0.4) is 0 Å². The van der Waals surface area contributed by atoms with E-state index >= 15 is 0 Å². The molecule has 0 saturated carbocycles. The van der Waals surface area contributed by atoms with Gasteiger partial charge in [-0.2, -0.15) is 18.3 Å². The maximum atomic E-state index is 13.4. The lowest BCUT2D eigenvalue weighted by atomic mass is 9.96. The molecule has 2 aromatic heterocycles. The molecule has 1 saturated heterocycles. The molecule has 3 aromatic rings. The van der Waals surface area contributed by atoms with Gasteiger partial charge in [-0.3, -0.25) is 14.5 Å². The number of carboxylic acids is 3. The Morgan fingerprint density at radius 1 is 1.05 bits per heavy atom. The molecule has 1 aliphatic heterocycles. The van der Waals surface area contributed by atoms with Crippen molar-refractivity contribution in [3.8, 4) is 0 Å². The highest BCUT2D eigenvalue weighted by atomic mass is 19.4. The Bertz CT molecular complexity index is 1390. The first-order chi connectivity index (χ1) is 18.6. The fraction of sp³-hybridized carbons (Fsp3) is 0.400. The quantitative estimate of drug-likeness (QED) is 0.295. The summed E-state index contributed by atoms with van der Waals surface area (Å²) in [4.78, 5) is 36.8. The number of likely N-dealkylation sites (tertiary alicyclic amines) is 1. The smallest absolute Gasteiger partial charge is 0.433 e. The van der Waals surface area contributed by atoms with Crippen molar-refractivity contribution in [1.29, 1.82) is 0 Å². The number of carboxylic acid groups (broad SMARTS) is 3. The maximum absolute atomic E-state index is 13.4. The molecule has 4 N–H and O–H groups in total. The molecular formula is C25H26F4N4O7. The van der Waals surface area contributed by atoms with Crippen LogP contribution in [0.1, 0.15) is 54.4 Å². The molecule has 1 unspecified atom stereocenters. The number of benzene rings is 1. The summed E-state index contributed by atoms with van der Waals surface area (Å²) in [6, 6.07) is 8.87. The number of halogens is 4. The first kappa shape index (κ1) is 30.4. The molecule has 15 heteroatoms. The second-order valence-corrected chi connectivity index (χ2v) is 9.36. The van der Waals surface area contributed by atoms with Crippen molar-refractivity contribution in [1.82, 2.24) is 19.5 Å². The normalized spacial score (nSPS) is 16.0. The van der Waals surface area contributed by atoms with Gasteiger partial charge in [0.05, 0.1) is 24.6 Å². The number of carbonyl (C=O) groups is 3. The third-order valence-electron chi connectivity index (χ3n) is 6.13. The van der Waals surface area contributed by atoms with Gasteiger partial charge in [-0.1, -0.05) is 12.1 Å². The zero-order valence-electron chi connectivity index (χ0n) is 21.1. The van der Waals surface area contributed by atoms with E-state index in [9.17, 15) is 31.9 Å². The van der Waals surface area contributed by atoms with Crippen LogP contribution in [-0.4, -0.2) is 70.0 Å². The number of aliphatic carboxylic acids is 3. The number of nitrogens with zero attached hydrogens (tertiary/aromatic N) is 4. The minimum absolute atomic E-state index is 0.114. The summed E-state index contributed by atoms with van der Waals surface area (Å²) < 4.78 is 54.4. The van der Waals surface area contributed by atoms with E-state index < -0.39 is 48.2 Å². The van der Waals surface area contributed by atoms with E-state index in [0.29, 0.717) is 17.9 Å². The standard InChI is InChI=1S/C19H18F4N4.C6H8O7/c1-12-8-17(19(21,22)23)27-18(24-12)10-15(25-27)16-6-3-7-26(16)11-13-4-2-5-14(20)9-13;7-3(8)1-6(13,5(11)12)2-4(9)10/h2,4-5,8-10,16H,3,6-7,11H2,1H3;13H,1-2H2,(H,7,8)(H,9,10)(H,11,12). The number of aryl methyl sites for hydroxylation is 1. The lowest BCUT2D eigenvalue weighted by Crippen LogP contribution is -2.42. The lowest BCUT2D eigenvalue weighted by molar-refractivity contribution is -0.170. The van der Waals surface area contributed by atoms with E-state index in [4.69, 9.17) is 20.4 Å². The Hall–Kier alpha value is -4.11. The predicted octanol–water partition coefficient (Wildman–Crippen LogP) is 3.28. The van der Waals surface area contributed by atoms with Gasteiger partial charge >= 0.3 is 24.1 Å². The summed E-state index contributed by atoms with van der Waals surface area (Å²) in [7, 11) is 0. The van der Waals surface area contributed by atoms with Crippen molar-refractivity contribution in [2.75, 3.05) is 6.54 Å². The average Bonchev–Trinajstić information content (AvgIpc) is 3.43. The van der Waals surface area contributed by atoms with Crippen LogP contribution < -0.4 is 0 Å². The van der Waals surface area contributed by atoms with E-state index in [-0.39, 0.29) is 17.5 Å². The van der Waals surface area contributed by atoms with E-state index in [1.807, 2.05) is 6.07 Å². The molecular weight excluding hydrogens is 544 g/mol. The van der Waals surface area contributed by atoms with Gasteiger partial charge in [-0.15, -0.1) is 0 Å². The van der Waals surface area contributed by atoms with E-state index in [0.717, 1.165) is 35.5 Å². The molecule has 0 radical (unpaired) electrons. The summed E-state index contributed by atoms with van der Waals surface area (Å²) in [5, 5.41) is 38.0. The fourth-order valence-electron chi connectivity index (χ4n) is 4.42. The van der Waals surface area contributed by atoms with Crippen molar-refractivity contribution in [2.45, 2.75) is 57.0 Å². The van der Waals surface area contributed by atoms with Crippen LogP contribution in [0.25, 0.3) is 5.65 Å². The number of aromatic nitrogens is 3. The topological polar surface area (TPSA) is 166 Å². The first-order valence-electron chi connectivity index (χ1n) is 11.9.